The zero-order valence-electron chi connectivity index (χ0n) is 11.1. The van der Waals surface area contributed by atoms with Crippen molar-refractivity contribution in [3.8, 4) is 11.5 Å². The van der Waals surface area contributed by atoms with Crippen LogP contribution in [0.4, 0.5) is 5.69 Å². The van der Waals surface area contributed by atoms with E-state index in [0.717, 1.165) is 0 Å². The molecule has 0 fully saturated rings. The van der Waals surface area contributed by atoms with Crippen LogP contribution in [0.2, 0.25) is 0 Å². The van der Waals surface area contributed by atoms with Crippen molar-refractivity contribution in [2.24, 2.45) is 0 Å². The van der Waals surface area contributed by atoms with Crippen molar-refractivity contribution >= 4 is 22.4 Å². The van der Waals surface area contributed by atoms with E-state index in [2.05, 4.69) is 0 Å². The molecule has 4 nitrogen and oxygen atoms in total. The molecule has 0 unspecified atom stereocenters. The third-order valence-electron chi connectivity index (χ3n) is 3.24. The number of hydrogen-bond acceptors (Lipinski definition) is 3. The number of benzene rings is 3. The second-order valence-corrected chi connectivity index (χ2v) is 4.60. The standard InChI is InChI=1S/C17H13NO3/c18-14-8-4-7-12-13(17(19)20)9-10-15(16(12)14)21-11-5-2-1-3-6-11/h1-10H,18H2,(H,19,20). The van der Waals surface area contributed by atoms with E-state index < -0.39 is 5.97 Å². The van der Waals surface area contributed by atoms with Gasteiger partial charge in [0.15, 0.2) is 0 Å². The molecule has 0 aliphatic carbocycles. The number of nitrogen functional groups attached to an aromatic ring is 1. The van der Waals surface area contributed by atoms with Crippen LogP contribution in [0.3, 0.4) is 0 Å². The third kappa shape index (κ3) is 2.39. The summed E-state index contributed by atoms with van der Waals surface area (Å²) in [6.07, 6.45) is 0. The fraction of sp³-hybridized carbons (Fsp3) is 0. The van der Waals surface area contributed by atoms with Crippen LogP contribution in [-0.2, 0) is 0 Å². The quantitative estimate of drug-likeness (QED) is 0.713. The largest absolute Gasteiger partial charge is 0.478 e. The maximum Gasteiger partial charge on any atom is 0.336 e. The summed E-state index contributed by atoms with van der Waals surface area (Å²) in [4.78, 5) is 11.3. The van der Waals surface area contributed by atoms with Gasteiger partial charge in [0.25, 0.3) is 0 Å². The van der Waals surface area contributed by atoms with Crippen molar-refractivity contribution in [1.82, 2.24) is 0 Å². The van der Waals surface area contributed by atoms with Crippen molar-refractivity contribution in [3.63, 3.8) is 0 Å². The fourth-order valence-corrected chi connectivity index (χ4v) is 2.29. The molecular formula is C17H13NO3. The Hall–Kier alpha value is -3.01. The Labute approximate surface area is 121 Å². The molecule has 104 valence electrons. The molecule has 0 aliphatic heterocycles. The normalized spacial score (nSPS) is 10.5. The first-order chi connectivity index (χ1) is 10.2. The minimum Gasteiger partial charge on any atom is -0.478 e. The molecule has 0 heterocycles. The summed E-state index contributed by atoms with van der Waals surface area (Å²) in [6, 6.07) is 17.6. The SMILES string of the molecule is Nc1cccc2c(C(=O)O)ccc(Oc3ccccc3)c12. The molecule has 0 aliphatic rings. The number of carbonyl (C=O) groups is 1. The lowest BCUT2D eigenvalue weighted by molar-refractivity contribution is 0.0699. The average Bonchev–Trinajstić information content (AvgIpc) is 2.48. The van der Waals surface area contributed by atoms with E-state index in [1.807, 2.05) is 30.3 Å². The second kappa shape index (κ2) is 5.17. The summed E-state index contributed by atoms with van der Waals surface area (Å²) in [6.45, 7) is 0. The number of rotatable bonds is 3. The summed E-state index contributed by atoms with van der Waals surface area (Å²) in [5.41, 5.74) is 6.70. The smallest absolute Gasteiger partial charge is 0.336 e. The van der Waals surface area contributed by atoms with Crippen molar-refractivity contribution in [2.75, 3.05) is 5.73 Å². The van der Waals surface area contributed by atoms with E-state index in [-0.39, 0.29) is 5.56 Å². The van der Waals surface area contributed by atoms with E-state index in [9.17, 15) is 9.90 Å². The van der Waals surface area contributed by atoms with Crippen molar-refractivity contribution in [3.05, 3.63) is 66.2 Å². The van der Waals surface area contributed by atoms with Crippen molar-refractivity contribution in [2.45, 2.75) is 0 Å². The highest BCUT2D eigenvalue weighted by Gasteiger charge is 2.14. The number of nitrogens with two attached hydrogens (primary N) is 1. The number of carboxylic acids is 1. The molecule has 0 radical (unpaired) electrons. The van der Waals surface area contributed by atoms with Gasteiger partial charge in [-0.05, 0) is 30.3 Å². The zero-order chi connectivity index (χ0) is 14.8. The first-order valence-corrected chi connectivity index (χ1v) is 6.44. The van der Waals surface area contributed by atoms with Crippen LogP contribution in [0.5, 0.6) is 11.5 Å². The van der Waals surface area contributed by atoms with Gasteiger partial charge in [-0.2, -0.15) is 0 Å². The molecule has 0 amide bonds. The second-order valence-electron chi connectivity index (χ2n) is 4.60. The number of ether oxygens (including phenoxy) is 1. The summed E-state index contributed by atoms with van der Waals surface area (Å²) < 4.78 is 5.83. The number of fused-ring (bicyclic) bond motifs is 1. The van der Waals surface area contributed by atoms with Gasteiger partial charge in [0, 0.05) is 16.5 Å². The zero-order valence-corrected chi connectivity index (χ0v) is 11.1. The van der Waals surface area contributed by atoms with Gasteiger partial charge in [-0.1, -0.05) is 30.3 Å². The molecule has 0 saturated heterocycles. The van der Waals surface area contributed by atoms with E-state index in [1.165, 1.54) is 6.07 Å². The average molecular weight is 279 g/mol. The van der Waals surface area contributed by atoms with Gasteiger partial charge in [-0.3, -0.25) is 0 Å². The van der Waals surface area contributed by atoms with Crippen LogP contribution in [0.15, 0.2) is 60.7 Å². The van der Waals surface area contributed by atoms with Crippen LogP contribution < -0.4 is 10.5 Å². The highest BCUT2D eigenvalue weighted by molar-refractivity contribution is 6.09. The molecule has 0 aromatic heterocycles. The Morgan fingerprint density at radius 3 is 2.43 bits per heavy atom. The lowest BCUT2D eigenvalue weighted by Gasteiger charge is -2.12. The Bertz CT molecular complexity index is 813. The third-order valence-corrected chi connectivity index (χ3v) is 3.24. The van der Waals surface area contributed by atoms with Gasteiger partial charge in [-0.15, -0.1) is 0 Å². The number of carboxylic acid groups (broad SMARTS) is 1. The maximum absolute atomic E-state index is 11.3. The van der Waals surface area contributed by atoms with Gasteiger partial charge in [-0.25, -0.2) is 4.79 Å². The van der Waals surface area contributed by atoms with E-state index in [1.54, 1.807) is 24.3 Å². The highest BCUT2D eigenvalue weighted by atomic mass is 16.5. The molecule has 3 rings (SSSR count). The van der Waals surface area contributed by atoms with Gasteiger partial charge < -0.3 is 15.6 Å². The first kappa shape index (κ1) is 13.0. The van der Waals surface area contributed by atoms with Crippen LogP contribution in [0, 0.1) is 0 Å². The molecular weight excluding hydrogens is 266 g/mol. The summed E-state index contributed by atoms with van der Waals surface area (Å²) >= 11 is 0. The Kier molecular flexibility index (Phi) is 3.20. The molecule has 3 N–H and O–H groups in total. The van der Waals surface area contributed by atoms with Gasteiger partial charge in [0.2, 0.25) is 0 Å². The number of anilines is 1. The minimum absolute atomic E-state index is 0.206. The molecule has 0 saturated carbocycles. The molecule has 0 spiro atoms. The predicted molar refractivity (Wildman–Crippen MR) is 81.8 cm³/mol. The molecule has 3 aromatic carbocycles. The van der Waals surface area contributed by atoms with E-state index in [0.29, 0.717) is 28.0 Å². The summed E-state index contributed by atoms with van der Waals surface area (Å²) in [5.74, 6) is 0.223. The van der Waals surface area contributed by atoms with Gasteiger partial charge in [0.05, 0.1) is 5.56 Å². The van der Waals surface area contributed by atoms with Crippen LogP contribution in [-0.4, -0.2) is 11.1 Å². The van der Waals surface area contributed by atoms with E-state index >= 15 is 0 Å². The van der Waals surface area contributed by atoms with Gasteiger partial charge >= 0.3 is 5.97 Å². The topological polar surface area (TPSA) is 72.6 Å². The minimum atomic E-state index is -0.989. The van der Waals surface area contributed by atoms with Crippen molar-refractivity contribution < 1.29 is 14.6 Å². The van der Waals surface area contributed by atoms with Crippen LogP contribution >= 0.6 is 0 Å². The monoisotopic (exact) mass is 279 g/mol. The first-order valence-electron chi connectivity index (χ1n) is 6.44. The number of para-hydroxylation sites is 1. The van der Waals surface area contributed by atoms with Crippen LogP contribution in [0.1, 0.15) is 10.4 Å². The lowest BCUT2D eigenvalue weighted by atomic mass is 10.0. The van der Waals surface area contributed by atoms with Crippen LogP contribution in [0.25, 0.3) is 10.8 Å². The Balaban J connectivity index is 2.20. The molecule has 3 aromatic rings. The number of aromatic carboxylic acids is 1. The van der Waals surface area contributed by atoms with Gasteiger partial charge in [0.1, 0.15) is 11.5 Å². The Morgan fingerprint density at radius 1 is 0.952 bits per heavy atom. The van der Waals surface area contributed by atoms with E-state index in [4.69, 9.17) is 10.5 Å². The lowest BCUT2D eigenvalue weighted by Crippen LogP contribution is -2.00. The summed E-state index contributed by atoms with van der Waals surface area (Å²) in [5, 5.41) is 10.5. The fourth-order valence-electron chi connectivity index (χ4n) is 2.29. The highest BCUT2D eigenvalue weighted by Crippen LogP contribution is 2.35. The van der Waals surface area contributed by atoms with Crippen molar-refractivity contribution in [1.29, 1.82) is 0 Å². The Morgan fingerprint density at radius 2 is 1.71 bits per heavy atom. The maximum atomic E-state index is 11.3. The number of hydrogen-bond donors (Lipinski definition) is 2. The molecule has 0 bridgehead atoms. The molecule has 21 heavy (non-hydrogen) atoms. The summed E-state index contributed by atoms with van der Waals surface area (Å²) in [7, 11) is 0. The molecule has 0 atom stereocenters. The predicted octanol–water partition coefficient (Wildman–Crippen LogP) is 3.91. The molecule has 4 heteroatoms.